The lowest BCUT2D eigenvalue weighted by Crippen LogP contribution is -2.24. The Hall–Kier alpha value is -3.58. The molecule has 0 aliphatic rings. The largest absolute Gasteiger partial charge is 0.490 e. The monoisotopic (exact) mass is 470 g/mol. The molecule has 8 heteroatoms. The number of benzene rings is 3. The van der Waals surface area contributed by atoms with Gasteiger partial charge in [0, 0.05) is 5.56 Å². The maximum atomic E-state index is 14.0. The van der Waals surface area contributed by atoms with Crippen molar-refractivity contribution < 1.29 is 23.4 Å². The molecular formula is C25H24ClFN2O4. The quantitative estimate of drug-likeness (QED) is 0.323. The number of aryl methyl sites for hydroxylation is 1. The summed E-state index contributed by atoms with van der Waals surface area (Å²) in [6.45, 7) is 3.95. The summed E-state index contributed by atoms with van der Waals surface area (Å²) in [5, 5.41) is 4.25. The zero-order valence-electron chi connectivity index (χ0n) is 18.3. The highest BCUT2D eigenvalue weighted by atomic mass is 35.5. The van der Waals surface area contributed by atoms with Gasteiger partial charge in [0.25, 0.3) is 5.91 Å². The molecule has 3 rings (SSSR count). The van der Waals surface area contributed by atoms with E-state index in [4.69, 9.17) is 25.8 Å². The normalized spacial score (nSPS) is 10.8. The first-order chi connectivity index (χ1) is 16.0. The zero-order chi connectivity index (χ0) is 23.6. The van der Waals surface area contributed by atoms with E-state index in [1.165, 1.54) is 18.3 Å². The third-order valence-electron chi connectivity index (χ3n) is 4.56. The summed E-state index contributed by atoms with van der Waals surface area (Å²) in [5.74, 6) is 0.713. The van der Waals surface area contributed by atoms with Crippen LogP contribution >= 0.6 is 11.6 Å². The molecular weight excluding hydrogens is 447 g/mol. The highest BCUT2D eigenvalue weighted by Gasteiger charge is 2.11. The van der Waals surface area contributed by atoms with Gasteiger partial charge in [-0.1, -0.05) is 35.9 Å². The Balaban J connectivity index is 1.59. The van der Waals surface area contributed by atoms with Crippen LogP contribution in [0.1, 0.15) is 23.6 Å². The van der Waals surface area contributed by atoms with Gasteiger partial charge in [-0.15, -0.1) is 0 Å². The Labute approximate surface area is 196 Å². The van der Waals surface area contributed by atoms with Gasteiger partial charge in [0.15, 0.2) is 18.1 Å². The van der Waals surface area contributed by atoms with E-state index < -0.39 is 5.82 Å². The number of rotatable bonds is 10. The summed E-state index contributed by atoms with van der Waals surface area (Å²) in [6, 6.07) is 17.0. The van der Waals surface area contributed by atoms with Crippen molar-refractivity contribution in [1.29, 1.82) is 0 Å². The van der Waals surface area contributed by atoms with Crippen molar-refractivity contribution in [1.82, 2.24) is 5.43 Å². The van der Waals surface area contributed by atoms with Gasteiger partial charge in [-0.3, -0.25) is 4.79 Å². The number of para-hydroxylation sites is 1. The third-order valence-corrected chi connectivity index (χ3v) is 4.91. The van der Waals surface area contributed by atoms with Gasteiger partial charge >= 0.3 is 0 Å². The molecule has 6 nitrogen and oxygen atoms in total. The van der Waals surface area contributed by atoms with Crippen molar-refractivity contribution >= 4 is 23.7 Å². The molecule has 0 atom stereocenters. The number of carbonyl (C=O) groups excluding carboxylic acids is 1. The predicted octanol–water partition coefficient (Wildman–Crippen LogP) is 5.29. The maximum absolute atomic E-state index is 14.0. The van der Waals surface area contributed by atoms with Crippen LogP contribution in [0.5, 0.6) is 17.2 Å². The summed E-state index contributed by atoms with van der Waals surface area (Å²) in [7, 11) is 0. The van der Waals surface area contributed by atoms with Crippen LogP contribution in [0.2, 0.25) is 5.02 Å². The van der Waals surface area contributed by atoms with Gasteiger partial charge in [-0.05, 0) is 61.4 Å². The zero-order valence-corrected chi connectivity index (χ0v) is 19.1. The first-order valence-electron chi connectivity index (χ1n) is 10.3. The minimum Gasteiger partial charge on any atom is -0.490 e. The Kier molecular flexibility index (Phi) is 8.66. The summed E-state index contributed by atoms with van der Waals surface area (Å²) < 4.78 is 30.8. The number of amides is 1. The van der Waals surface area contributed by atoms with Crippen molar-refractivity contribution in [2.45, 2.75) is 20.5 Å². The Morgan fingerprint density at radius 1 is 1.03 bits per heavy atom. The fourth-order valence-corrected chi connectivity index (χ4v) is 3.10. The Morgan fingerprint density at radius 2 is 1.85 bits per heavy atom. The highest BCUT2D eigenvalue weighted by molar-refractivity contribution is 6.31. The molecule has 33 heavy (non-hydrogen) atoms. The number of hydrogen-bond donors (Lipinski definition) is 1. The molecule has 0 fully saturated rings. The fourth-order valence-electron chi connectivity index (χ4n) is 2.89. The van der Waals surface area contributed by atoms with Crippen LogP contribution in [0.3, 0.4) is 0 Å². The minimum absolute atomic E-state index is 0.0457. The SMILES string of the molecule is CCOc1cc(/C=N/NC(=O)COc2ccccc2C)ccc1OCc1c(F)cccc1Cl. The molecule has 1 N–H and O–H groups in total. The fraction of sp³-hybridized carbons (Fsp3) is 0.200. The van der Waals surface area contributed by atoms with Crippen LogP contribution in [0.15, 0.2) is 65.8 Å². The maximum Gasteiger partial charge on any atom is 0.277 e. The molecule has 3 aromatic carbocycles. The number of hydrazone groups is 1. The molecule has 0 heterocycles. The van der Waals surface area contributed by atoms with Gasteiger partial charge in [-0.25, -0.2) is 9.82 Å². The van der Waals surface area contributed by atoms with Crippen LogP contribution in [0.4, 0.5) is 4.39 Å². The van der Waals surface area contributed by atoms with Crippen LogP contribution in [0, 0.1) is 12.7 Å². The molecule has 3 aromatic rings. The average Bonchev–Trinajstić information content (AvgIpc) is 2.79. The number of ether oxygens (including phenoxy) is 3. The molecule has 0 aromatic heterocycles. The highest BCUT2D eigenvalue weighted by Crippen LogP contribution is 2.30. The summed E-state index contributed by atoms with van der Waals surface area (Å²) in [4.78, 5) is 12.0. The number of halogens is 2. The topological polar surface area (TPSA) is 69.2 Å². The predicted molar refractivity (Wildman–Crippen MR) is 126 cm³/mol. The third kappa shape index (κ3) is 6.95. The lowest BCUT2D eigenvalue weighted by Gasteiger charge is -2.13. The van der Waals surface area contributed by atoms with Gasteiger partial charge in [0.05, 0.1) is 17.8 Å². The first kappa shape index (κ1) is 24.1. The van der Waals surface area contributed by atoms with E-state index in [1.54, 1.807) is 30.3 Å². The molecule has 0 saturated heterocycles. The van der Waals surface area contributed by atoms with E-state index in [2.05, 4.69) is 10.5 Å². The molecule has 0 saturated carbocycles. The van der Waals surface area contributed by atoms with Crippen molar-refractivity contribution in [2.75, 3.05) is 13.2 Å². The number of carbonyl (C=O) groups is 1. The number of nitrogens with zero attached hydrogens (tertiary/aromatic N) is 1. The second-order valence-corrected chi connectivity index (χ2v) is 7.38. The van der Waals surface area contributed by atoms with E-state index in [1.807, 2.05) is 32.0 Å². The van der Waals surface area contributed by atoms with Gasteiger partial charge in [0.2, 0.25) is 0 Å². The molecule has 0 aliphatic heterocycles. The van der Waals surface area contributed by atoms with Crippen LogP contribution in [0.25, 0.3) is 0 Å². The molecule has 0 aliphatic carbocycles. The smallest absolute Gasteiger partial charge is 0.277 e. The number of hydrogen-bond acceptors (Lipinski definition) is 5. The van der Waals surface area contributed by atoms with Crippen LogP contribution in [-0.4, -0.2) is 25.3 Å². The second-order valence-electron chi connectivity index (χ2n) is 6.98. The molecule has 1 amide bonds. The second kappa shape index (κ2) is 11.9. The number of nitrogens with one attached hydrogen (secondary N) is 1. The van der Waals surface area contributed by atoms with Crippen molar-refractivity contribution in [2.24, 2.45) is 5.10 Å². The van der Waals surface area contributed by atoms with E-state index >= 15 is 0 Å². The Morgan fingerprint density at radius 3 is 2.61 bits per heavy atom. The van der Waals surface area contributed by atoms with E-state index in [0.717, 1.165) is 5.56 Å². The first-order valence-corrected chi connectivity index (χ1v) is 10.7. The van der Waals surface area contributed by atoms with Gasteiger partial charge < -0.3 is 14.2 Å². The van der Waals surface area contributed by atoms with Crippen LogP contribution in [-0.2, 0) is 11.4 Å². The van der Waals surface area contributed by atoms with Crippen molar-refractivity contribution in [3.8, 4) is 17.2 Å². The lowest BCUT2D eigenvalue weighted by molar-refractivity contribution is -0.123. The standard InChI is InChI=1S/C25H24ClFN2O4/c1-3-31-24-13-18(11-12-23(24)32-15-19-20(26)8-6-9-21(19)27)14-28-29-25(30)16-33-22-10-5-4-7-17(22)2/h4-14H,3,15-16H2,1-2H3,(H,29,30)/b28-14+. The summed E-state index contributed by atoms with van der Waals surface area (Å²) in [5.41, 5.74) is 4.31. The van der Waals surface area contributed by atoms with Crippen molar-refractivity contribution in [3.63, 3.8) is 0 Å². The van der Waals surface area contributed by atoms with Gasteiger partial charge in [-0.2, -0.15) is 5.10 Å². The summed E-state index contributed by atoms with van der Waals surface area (Å²) >= 11 is 6.06. The minimum atomic E-state index is -0.439. The Bertz CT molecular complexity index is 1120. The van der Waals surface area contributed by atoms with E-state index in [0.29, 0.717) is 34.4 Å². The van der Waals surface area contributed by atoms with Gasteiger partial charge in [0.1, 0.15) is 18.2 Å². The lowest BCUT2D eigenvalue weighted by atomic mass is 10.2. The molecule has 0 unspecified atom stereocenters. The summed E-state index contributed by atoms with van der Waals surface area (Å²) in [6.07, 6.45) is 1.48. The molecule has 0 bridgehead atoms. The van der Waals surface area contributed by atoms with Crippen LogP contribution < -0.4 is 19.6 Å². The average molecular weight is 471 g/mol. The molecule has 0 spiro atoms. The van der Waals surface area contributed by atoms with E-state index in [-0.39, 0.29) is 24.7 Å². The molecule has 172 valence electrons. The van der Waals surface area contributed by atoms with Crippen molar-refractivity contribution in [3.05, 3.63) is 88.2 Å². The van der Waals surface area contributed by atoms with E-state index in [9.17, 15) is 9.18 Å². The molecule has 0 radical (unpaired) electrons.